The Hall–Kier alpha value is -1.02. The van der Waals surface area contributed by atoms with Crippen LogP contribution in [0.4, 0.5) is 0 Å². The van der Waals surface area contributed by atoms with E-state index in [-0.39, 0.29) is 11.4 Å². The summed E-state index contributed by atoms with van der Waals surface area (Å²) < 4.78 is 0. The minimum atomic E-state index is -0.226. The second-order valence-electron chi connectivity index (χ2n) is 3.48. The summed E-state index contributed by atoms with van der Waals surface area (Å²) in [5, 5.41) is 0. The number of hydrogen-bond donors (Lipinski definition) is 0. The summed E-state index contributed by atoms with van der Waals surface area (Å²) in [6.07, 6.45) is 0.902. The Kier molecular flexibility index (Phi) is 2.46. The second kappa shape index (κ2) is 3.62. The molecule has 1 atom stereocenters. The van der Waals surface area contributed by atoms with E-state index in [2.05, 4.69) is 0 Å². The van der Waals surface area contributed by atoms with Gasteiger partial charge in [0.15, 0.2) is 0 Å². The SMILES string of the molecule is CC(Cl)N1CCc2ccccc2C1=O. The second-order valence-corrected chi connectivity index (χ2v) is 4.11. The Labute approximate surface area is 88.5 Å². The number of halogens is 1. The zero-order valence-electron chi connectivity index (χ0n) is 8.03. The molecule has 0 aromatic heterocycles. The predicted octanol–water partition coefficient (Wildman–Crippen LogP) is 2.27. The summed E-state index contributed by atoms with van der Waals surface area (Å²) in [6.45, 7) is 2.55. The lowest BCUT2D eigenvalue weighted by Gasteiger charge is -2.30. The Bertz CT molecular complexity index is 362. The Morgan fingerprint density at radius 3 is 2.86 bits per heavy atom. The van der Waals surface area contributed by atoms with E-state index in [0.29, 0.717) is 0 Å². The molecule has 0 aliphatic carbocycles. The van der Waals surface area contributed by atoms with Gasteiger partial charge in [0.1, 0.15) is 5.50 Å². The molecular weight excluding hydrogens is 198 g/mol. The fraction of sp³-hybridized carbons (Fsp3) is 0.364. The Balaban J connectivity index is 2.37. The highest BCUT2D eigenvalue weighted by molar-refractivity contribution is 6.21. The van der Waals surface area contributed by atoms with Crippen LogP contribution in [0.15, 0.2) is 24.3 Å². The summed E-state index contributed by atoms with van der Waals surface area (Å²) in [7, 11) is 0. The van der Waals surface area contributed by atoms with Crippen LogP contribution in [0.3, 0.4) is 0 Å². The van der Waals surface area contributed by atoms with Gasteiger partial charge < -0.3 is 4.90 Å². The van der Waals surface area contributed by atoms with Crippen LogP contribution in [0, 0.1) is 0 Å². The normalized spacial score (nSPS) is 17.9. The number of fused-ring (bicyclic) bond motifs is 1. The number of alkyl halides is 1. The van der Waals surface area contributed by atoms with Crippen LogP contribution < -0.4 is 0 Å². The number of rotatable bonds is 1. The lowest BCUT2D eigenvalue weighted by molar-refractivity contribution is 0.0727. The van der Waals surface area contributed by atoms with Crippen molar-refractivity contribution in [1.29, 1.82) is 0 Å². The number of hydrogen-bond acceptors (Lipinski definition) is 1. The molecule has 14 heavy (non-hydrogen) atoms. The van der Waals surface area contributed by atoms with Crippen molar-refractivity contribution in [3.05, 3.63) is 35.4 Å². The van der Waals surface area contributed by atoms with Crippen LogP contribution in [-0.4, -0.2) is 22.9 Å². The Morgan fingerprint density at radius 2 is 2.14 bits per heavy atom. The fourth-order valence-corrected chi connectivity index (χ4v) is 1.97. The molecule has 0 radical (unpaired) electrons. The molecule has 1 aromatic carbocycles. The summed E-state index contributed by atoms with van der Waals surface area (Å²) in [5.74, 6) is 0.0503. The molecule has 74 valence electrons. The third-order valence-electron chi connectivity index (χ3n) is 2.56. The van der Waals surface area contributed by atoms with Gasteiger partial charge in [-0.15, -0.1) is 0 Å². The summed E-state index contributed by atoms with van der Waals surface area (Å²) in [5.41, 5.74) is 1.70. The minimum absolute atomic E-state index is 0.0503. The largest absolute Gasteiger partial charge is 0.322 e. The lowest BCUT2D eigenvalue weighted by Crippen LogP contribution is -2.40. The first kappa shape index (κ1) is 9.53. The van der Waals surface area contributed by atoms with Gasteiger partial charge in [0.05, 0.1) is 0 Å². The highest BCUT2D eigenvalue weighted by Crippen LogP contribution is 2.21. The number of benzene rings is 1. The first-order chi connectivity index (χ1) is 6.70. The molecule has 0 saturated carbocycles. The molecule has 2 rings (SSSR count). The molecule has 0 N–H and O–H groups in total. The molecule has 1 aliphatic heterocycles. The summed E-state index contributed by atoms with van der Waals surface area (Å²) in [6, 6.07) is 7.72. The van der Waals surface area contributed by atoms with Gasteiger partial charge in [0, 0.05) is 12.1 Å². The molecule has 1 amide bonds. The highest BCUT2D eigenvalue weighted by Gasteiger charge is 2.26. The zero-order valence-corrected chi connectivity index (χ0v) is 8.79. The van der Waals surface area contributed by atoms with Gasteiger partial charge in [0.2, 0.25) is 0 Å². The number of carbonyl (C=O) groups excluding carboxylic acids is 1. The Morgan fingerprint density at radius 1 is 1.43 bits per heavy atom. The van der Waals surface area contributed by atoms with Crippen LogP contribution in [0.2, 0.25) is 0 Å². The monoisotopic (exact) mass is 209 g/mol. The maximum absolute atomic E-state index is 11.9. The van der Waals surface area contributed by atoms with Crippen molar-refractivity contribution in [3.8, 4) is 0 Å². The van der Waals surface area contributed by atoms with Crippen LogP contribution in [0.5, 0.6) is 0 Å². The van der Waals surface area contributed by atoms with Crippen molar-refractivity contribution in [2.45, 2.75) is 18.8 Å². The average Bonchev–Trinajstić information content (AvgIpc) is 2.18. The van der Waals surface area contributed by atoms with Crippen LogP contribution in [-0.2, 0) is 6.42 Å². The van der Waals surface area contributed by atoms with Gasteiger partial charge >= 0.3 is 0 Å². The first-order valence-electron chi connectivity index (χ1n) is 4.73. The number of amides is 1. The van der Waals surface area contributed by atoms with Gasteiger partial charge in [-0.3, -0.25) is 4.79 Å². The van der Waals surface area contributed by atoms with Crippen LogP contribution >= 0.6 is 11.6 Å². The van der Waals surface area contributed by atoms with E-state index in [0.717, 1.165) is 24.1 Å². The predicted molar refractivity (Wildman–Crippen MR) is 56.5 cm³/mol. The van der Waals surface area contributed by atoms with Crippen molar-refractivity contribution in [1.82, 2.24) is 4.90 Å². The van der Waals surface area contributed by atoms with Crippen molar-refractivity contribution in [2.75, 3.05) is 6.54 Å². The summed E-state index contributed by atoms with van der Waals surface area (Å²) in [4.78, 5) is 13.6. The molecule has 1 aliphatic rings. The molecule has 0 bridgehead atoms. The van der Waals surface area contributed by atoms with Gasteiger partial charge in [0.25, 0.3) is 5.91 Å². The maximum Gasteiger partial charge on any atom is 0.255 e. The van der Waals surface area contributed by atoms with Crippen LogP contribution in [0.1, 0.15) is 22.8 Å². The van der Waals surface area contributed by atoms with Gasteiger partial charge in [-0.25, -0.2) is 0 Å². The molecule has 1 unspecified atom stereocenters. The number of nitrogens with zero attached hydrogens (tertiary/aromatic N) is 1. The molecular formula is C11H12ClNO. The van der Waals surface area contributed by atoms with E-state index in [1.165, 1.54) is 0 Å². The van der Waals surface area contributed by atoms with Crippen molar-refractivity contribution >= 4 is 17.5 Å². The standard InChI is InChI=1S/C11H12ClNO/c1-8(12)13-7-6-9-4-2-3-5-10(9)11(13)14/h2-5,8H,6-7H2,1H3. The molecule has 0 fully saturated rings. The third kappa shape index (κ3) is 1.50. The maximum atomic E-state index is 11.9. The van der Waals surface area contributed by atoms with Crippen molar-refractivity contribution in [3.63, 3.8) is 0 Å². The topological polar surface area (TPSA) is 20.3 Å². The molecule has 1 aromatic rings. The quantitative estimate of drug-likeness (QED) is 0.513. The number of carbonyl (C=O) groups is 1. The fourth-order valence-electron chi connectivity index (χ4n) is 1.78. The van der Waals surface area contributed by atoms with Gasteiger partial charge in [-0.1, -0.05) is 29.8 Å². The lowest BCUT2D eigenvalue weighted by atomic mass is 9.99. The van der Waals surface area contributed by atoms with Crippen molar-refractivity contribution in [2.24, 2.45) is 0 Å². The highest BCUT2D eigenvalue weighted by atomic mass is 35.5. The van der Waals surface area contributed by atoms with E-state index < -0.39 is 0 Å². The van der Waals surface area contributed by atoms with Crippen LogP contribution in [0.25, 0.3) is 0 Å². The molecule has 3 heteroatoms. The van der Waals surface area contributed by atoms with Gasteiger partial charge in [-0.2, -0.15) is 0 Å². The third-order valence-corrected chi connectivity index (χ3v) is 2.80. The van der Waals surface area contributed by atoms with E-state index in [1.807, 2.05) is 31.2 Å². The van der Waals surface area contributed by atoms with E-state index in [4.69, 9.17) is 11.6 Å². The summed E-state index contributed by atoms with van der Waals surface area (Å²) >= 11 is 5.92. The molecule has 0 spiro atoms. The zero-order chi connectivity index (χ0) is 10.1. The molecule has 2 nitrogen and oxygen atoms in total. The van der Waals surface area contributed by atoms with Gasteiger partial charge in [-0.05, 0) is 25.0 Å². The minimum Gasteiger partial charge on any atom is -0.322 e. The van der Waals surface area contributed by atoms with E-state index in [1.54, 1.807) is 4.90 Å². The molecule has 0 saturated heterocycles. The van der Waals surface area contributed by atoms with E-state index in [9.17, 15) is 4.79 Å². The van der Waals surface area contributed by atoms with Crippen molar-refractivity contribution < 1.29 is 4.79 Å². The first-order valence-corrected chi connectivity index (χ1v) is 5.17. The van der Waals surface area contributed by atoms with E-state index >= 15 is 0 Å². The average molecular weight is 210 g/mol. The smallest absolute Gasteiger partial charge is 0.255 e. The molecule has 1 heterocycles.